The van der Waals surface area contributed by atoms with Crippen molar-refractivity contribution in [3.05, 3.63) is 34.1 Å². The number of rotatable bonds is 5. The number of benzene rings is 1. The fourth-order valence-electron chi connectivity index (χ4n) is 2.10. The van der Waals surface area contributed by atoms with E-state index in [0.717, 1.165) is 6.42 Å². The lowest BCUT2D eigenvalue weighted by atomic mass is 9.90. The fraction of sp³-hybridized carbons (Fsp3) is 0.500. The van der Waals surface area contributed by atoms with Crippen LogP contribution in [0.1, 0.15) is 37.6 Å². The molecule has 1 rings (SSSR count). The van der Waals surface area contributed by atoms with E-state index < -0.39 is 17.3 Å². The van der Waals surface area contributed by atoms with E-state index in [0.29, 0.717) is 16.9 Å². The zero-order chi connectivity index (χ0) is 14.6. The summed E-state index contributed by atoms with van der Waals surface area (Å²) < 4.78 is 14.3. The SMILES string of the molecule is CC(C)CC(C)(CN)NC(=O)c1ccc(Br)cc1F.Cl. The minimum absolute atomic E-state index is 0. The highest BCUT2D eigenvalue weighted by Gasteiger charge is 2.27. The summed E-state index contributed by atoms with van der Waals surface area (Å²) >= 11 is 3.16. The van der Waals surface area contributed by atoms with E-state index in [1.54, 1.807) is 6.07 Å². The van der Waals surface area contributed by atoms with Gasteiger partial charge in [0.2, 0.25) is 0 Å². The summed E-state index contributed by atoms with van der Waals surface area (Å²) in [6.07, 6.45) is 0.743. The van der Waals surface area contributed by atoms with Crippen LogP contribution >= 0.6 is 28.3 Å². The lowest BCUT2D eigenvalue weighted by Crippen LogP contribution is -2.52. The molecule has 3 N–H and O–H groups in total. The van der Waals surface area contributed by atoms with E-state index in [2.05, 4.69) is 35.1 Å². The number of amides is 1. The summed E-state index contributed by atoms with van der Waals surface area (Å²) in [5, 5.41) is 2.83. The largest absolute Gasteiger partial charge is 0.346 e. The van der Waals surface area contributed by atoms with Crippen molar-refractivity contribution in [3.8, 4) is 0 Å². The van der Waals surface area contributed by atoms with Crippen molar-refractivity contribution < 1.29 is 9.18 Å². The Bertz CT molecular complexity index is 470. The molecule has 1 aromatic carbocycles. The zero-order valence-electron chi connectivity index (χ0n) is 11.9. The van der Waals surface area contributed by atoms with Crippen LogP contribution in [0.25, 0.3) is 0 Å². The van der Waals surface area contributed by atoms with Gasteiger partial charge in [-0.25, -0.2) is 4.39 Å². The molecule has 0 bridgehead atoms. The third kappa shape index (κ3) is 5.38. The maximum Gasteiger partial charge on any atom is 0.254 e. The predicted molar refractivity (Wildman–Crippen MR) is 85.7 cm³/mol. The van der Waals surface area contributed by atoms with Crippen molar-refractivity contribution in [1.82, 2.24) is 5.32 Å². The lowest BCUT2D eigenvalue weighted by Gasteiger charge is -2.31. The van der Waals surface area contributed by atoms with Gasteiger partial charge in [0.05, 0.1) is 5.56 Å². The molecular weight excluding hydrogens is 347 g/mol. The number of nitrogens with one attached hydrogen (secondary N) is 1. The summed E-state index contributed by atoms with van der Waals surface area (Å²) in [7, 11) is 0. The van der Waals surface area contributed by atoms with Crippen molar-refractivity contribution in [3.63, 3.8) is 0 Å². The van der Waals surface area contributed by atoms with Crippen LogP contribution in [0.2, 0.25) is 0 Å². The highest BCUT2D eigenvalue weighted by molar-refractivity contribution is 9.10. The van der Waals surface area contributed by atoms with Crippen LogP contribution < -0.4 is 11.1 Å². The molecule has 114 valence electrons. The highest BCUT2D eigenvalue weighted by atomic mass is 79.9. The minimum Gasteiger partial charge on any atom is -0.346 e. The molecule has 6 heteroatoms. The van der Waals surface area contributed by atoms with Crippen LogP contribution in [0.3, 0.4) is 0 Å². The molecule has 20 heavy (non-hydrogen) atoms. The van der Waals surface area contributed by atoms with Gasteiger partial charge >= 0.3 is 0 Å². The van der Waals surface area contributed by atoms with Gasteiger partial charge in [-0.1, -0.05) is 29.8 Å². The maximum absolute atomic E-state index is 13.7. The first-order valence-corrected chi connectivity index (χ1v) is 7.04. The van der Waals surface area contributed by atoms with Crippen LogP contribution in [-0.2, 0) is 0 Å². The Labute approximate surface area is 134 Å². The summed E-state index contributed by atoms with van der Waals surface area (Å²) in [6, 6.07) is 4.37. The van der Waals surface area contributed by atoms with Crippen molar-refractivity contribution in [2.75, 3.05) is 6.54 Å². The summed E-state index contributed by atoms with van der Waals surface area (Å²) in [4.78, 5) is 12.1. The Kier molecular flexibility index (Phi) is 7.70. The number of nitrogens with two attached hydrogens (primary N) is 1. The number of hydrogen-bond donors (Lipinski definition) is 2. The average molecular weight is 368 g/mol. The molecule has 0 spiro atoms. The molecule has 1 unspecified atom stereocenters. The molecule has 1 aromatic rings. The number of carbonyl (C=O) groups is 1. The topological polar surface area (TPSA) is 55.1 Å². The van der Waals surface area contributed by atoms with E-state index in [-0.39, 0.29) is 18.0 Å². The predicted octanol–water partition coefficient (Wildman–Crippen LogP) is 3.50. The Hall–Kier alpha value is -0.650. The van der Waals surface area contributed by atoms with E-state index >= 15 is 0 Å². The van der Waals surface area contributed by atoms with Crippen molar-refractivity contribution in [2.24, 2.45) is 11.7 Å². The molecule has 3 nitrogen and oxygen atoms in total. The number of halogens is 3. The second-order valence-corrected chi connectivity index (χ2v) is 6.36. The van der Waals surface area contributed by atoms with Gasteiger partial charge in [0.1, 0.15) is 5.82 Å². The molecule has 0 aliphatic carbocycles. The van der Waals surface area contributed by atoms with E-state index in [1.165, 1.54) is 12.1 Å². The molecule has 0 saturated heterocycles. The molecule has 0 saturated carbocycles. The normalized spacial score (nSPS) is 13.6. The minimum atomic E-state index is -0.546. The molecule has 1 atom stereocenters. The fourth-order valence-corrected chi connectivity index (χ4v) is 2.43. The average Bonchev–Trinajstić information content (AvgIpc) is 2.27. The van der Waals surface area contributed by atoms with Crippen molar-refractivity contribution in [1.29, 1.82) is 0 Å². The Morgan fingerprint density at radius 2 is 2.10 bits per heavy atom. The van der Waals surface area contributed by atoms with E-state index in [9.17, 15) is 9.18 Å². The van der Waals surface area contributed by atoms with E-state index in [1.807, 2.05) is 6.92 Å². The zero-order valence-corrected chi connectivity index (χ0v) is 14.3. The van der Waals surface area contributed by atoms with Gasteiger partial charge in [0.15, 0.2) is 0 Å². The van der Waals surface area contributed by atoms with Gasteiger partial charge < -0.3 is 11.1 Å². The molecule has 0 heterocycles. The van der Waals surface area contributed by atoms with Crippen molar-refractivity contribution in [2.45, 2.75) is 32.7 Å². The second-order valence-electron chi connectivity index (χ2n) is 5.44. The van der Waals surface area contributed by atoms with Crippen LogP contribution in [0.15, 0.2) is 22.7 Å². The van der Waals surface area contributed by atoms with Crippen molar-refractivity contribution >= 4 is 34.2 Å². The lowest BCUT2D eigenvalue weighted by molar-refractivity contribution is 0.0894. The van der Waals surface area contributed by atoms with Gasteiger partial charge in [-0.15, -0.1) is 12.4 Å². The third-order valence-electron chi connectivity index (χ3n) is 2.90. The summed E-state index contributed by atoms with van der Waals surface area (Å²) in [5.41, 5.74) is 5.24. The van der Waals surface area contributed by atoms with Gasteiger partial charge in [-0.3, -0.25) is 4.79 Å². The Morgan fingerprint density at radius 1 is 1.50 bits per heavy atom. The second kappa shape index (κ2) is 7.96. The van der Waals surface area contributed by atoms with Crippen LogP contribution in [0.5, 0.6) is 0 Å². The Morgan fingerprint density at radius 3 is 2.55 bits per heavy atom. The summed E-state index contributed by atoms with van der Waals surface area (Å²) in [6.45, 7) is 6.30. The third-order valence-corrected chi connectivity index (χ3v) is 3.39. The monoisotopic (exact) mass is 366 g/mol. The quantitative estimate of drug-likeness (QED) is 0.837. The molecular formula is C14H21BrClFN2O. The first-order valence-electron chi connectivity index (χ1n) is 6.25. The maximum atomic E-state index is 13.7. The van der Waals surface area contributed by atoms with Crippen LogP contribution in [0, 0.1) is 11.7 Å². The molecule has 0 aliphatic heterocycles. The number of hydrogen-bond acceptors (Lipinski definition) is 2. The van der Waals surface area contributed by atoms with Crippen LogP contribution in [0.4, 0.5) is 4.39 Å². The van der Waals surface area contributed by atoms with Crippen LogP contribution in [-0.4, -0.2) is 18.0 Å². The summed E-state index contributed by atoms with van der Waals surface area (Å²) in [5.74, 6) is -0.585. The Balaban J connectivity index is 0.00000361. The molecule has 0 aromatic heterocycles. The first kappa shape index (κ1) is 19.4. The molecule has 0 radical (unpaired) electrons. The first-order chi connectivity index (χ1) is 8.77. The van der Waals surface area contributed by atoms with E-state index in [4.69, 9.17) is 5.73 Å². The molecule has 0 fully saturated rings. The highest BCUT2D eigenvalue weighted by Crippen LogP contribution is 2.19. The van der Waals surface area contributed by atoms with Gasteiger partial charge in [-0.2, -0.15) is 0 Å². The van der Waals surface area contributed by atoms with Gasteiger partial charge in [0, 0.05) is 16.6 Å². The molecule has 0 aliphatic rings. The molecule has 1 amide bonds. The van der Waals surface area contributed by atoms with Gasteiger partial charge in [-0.05, 0) is 37.5 Å². The number of carbonyl (C=O) groups excluding carboxylic acids is 1. The smallest absolute Gasteiger partial charge is 0.254 e. The standard InChI is InChI=1S/C14H20BrFN2O.ClH/c1-9(2)7-14(3,8-17)18-13(19)11-5-4-10(15)6-12(11)16;/h4-6,9H,7-8,17H2,1-3H3,(H,18,19);1H. The van der Waals surface area contributed by atoms with Gasteiger partial charge in [0.25, 0.3) is 5.91 Å².